The van der Waals surface area contributed by atoms with Crippen LogP contribution in [0.2, 0.25) is 0 Å². The quantitative estimate of drug-likeness (QED) is 0.417. The van der Waals surface area contributed by atoms with E-state index in [1.54, 1.807) is 4.72 Å². The fourth-order valence-corrected chi connectivity index (χ4v) is 7.26. The van der Waals surface area contributed by atoms with Crippen LogP contribution in [0.25, 0.3) is 0 Å². The first kappa shape index (κ1) is 33.1. The van der Waals surface area contributed by atoms with Crippen molar-refractivity contribution in [1.82, 2.24) is 19.5 Å². The first-order chi connectivity index (χ1) is 19.6. The van der Waals surface area contributed by atoms with Gasteiger partial charge in [-0.15, -0.1) is 0 Å². The van der Waals surface area contributed by atoms with Gasteiger partial charge in [0, 0.05) is 31.2 Å². The fourth-order valence-electron chi connectivity index (χ4n) is 5.95. The number of carbonyl (C=O) groups is 2. The summed E-state index contributed by atoms with van der Waals surface area (Å²) in [4.78, 5) is 29.2. The monoisotopic (exact) mass is 654 g/mol. The zero-order valence-corrected chi connectivity index (χ0v) is 23.0. The molecule has 3 fully saturated rings. The van der Waals surface area contributed by atoms with Crippen molar-refractivity contribution in [2.75, 3.05) is 13.1 Å². The van der Waals surface area contributed by atoms with E-state index < -0.39 is 94.1 Å². The number of alkyl halides is 9. The van der Waals surface area contributed by atoms with Crippen molar-refractivity contribution in [3.63, 3.8) is 0 Å². The second-order valence-electron chi connectivity index (χ2n) is 11.0. The number of hydrogen-bond acceptors (Lipinski definition) is 6. The first-order valence-corrected chi connectivity index (χ1v) is 14.7. The van der Waals surface area contributed by atoms with Crippen molar-refractivity contribution >= 4 is 22.0 Å². The Morgan fingerprint density at radius 1 is 0.977 bits per heavy atom. The lowest BCUT2D eigenvalue weighted by molar-refractivity contribution is -0.300. The third-order valence-electron chi connectivity index (χ3n) is 8.22. The second-order valence-corrected chi connectivity index (χ2v) is 13.0. The number of likely N-dealkylation sites (tertiary alicyclic amines) is 2. The van der Waals surface area contributed by atoms with Gasteiger partial charge in [0.05, 0.1) is 17.4 Å². The van der Waals surface area contributed by atoms with Crippen LogP contribution < -0.4 is 4.72 Å². The smallest absolute Gasteiger partial charge is 0.433 e. The van der Waals surface area contributed by atoms with E-state index in [1.807, 2.05) is 0 Å². The molecule has 1 atom stereocenters. The highest BCUT2D eigenvalue weighted by molar-refractivity contribution is 7.90. The lowest BCUT2D eigenvalue weighted by atomic mass is 9.84. The number of piperidine rings is 1. The molecule has 0 radical (unpaired) electrons. The summed E-state index contributed by atoms with van der Waals surface area (Å²) in [7, 11) is -4.13. The van der Waals surface area contributed by atoms with Crippen LogP contribution >= 0.6 is 0 Å². The molecule has 0 aromatic carbocycles. The molecule has 3 heterocycles. The van der Waals surface area contributed by atoms with E-state index in [4.69, 9.17) is 0 Å². The maximum absolute atomic E-state index is 13.9. The van der Waals surface area contributed by atoms with Gasteiger partial charge in [-0.25, -0.2) is 18.2 Å². The minimum atomic E-state index is -5.74. The van der Waals surface area contributed by atoms with Crippen LogP contribution in [-0.2, 0) is 34.0 Å². The maximum Gasteiger partial charge on any atom is 0.433 e. The van der Waals surface area contributed by atoms with E-state index in [-0.39, 0.29) is 50.8 Å². The molecule has 242 valence electrons. The number of carboxylic acid groups (broad SMARTS) is 1. The average Bonchev–Trinajstić information content (AvgIpc) is 3.66. The molecule has 9 nitrogen and oxygen atoms in total. The lowest BCUT2D eigenvalue weighted by Crippen LogP contribution is -2.58. The third-order valence-corrected chi connectivity index (χ3v) is 10.1. The number of sulfonamides is 1. The van der Waals surface area contributed by atoms with Gasteiger partial charge in [-0.3, -0.25) is 14.4 Å². The van der Waals surface area contributed by atoms with Crippen LogP contribution in [0, 0.1) is 5.92 Å². The summed E-state index contributed by atoms with van der Waals surface area (Å²) in [6.45, 7) is -1.20. The Labute approximate surface area is 239 Å². The molecule has 1 unspecified atom stereocenters. The summed E-state index contributed by atoms with van der Waals surface area (Å²) in [6, 6.07) is -0.956. The molecule has 2 N–H and O–H groups in total. The van der Waals surface area contributed by atoms with Gasteiger partial charge in [-0.2, -0.15) is 39.5 Å². The van der Waals surface area contributed by atoms with Gasteiger partial charge in [-0.1, -0.05) is 6.07 Å². The summed E-state index contributed by atoms with van der Waals surface area (Å²) in [5.41, 5.74) is -3.85. The van der Waals surface area contributed by atoms with Crippen molar-refractivity contribution in [2.24, 2.45) is 5.92 Å². The van der Waals surface area contributed by atoms with Gasteiger partial charge in [-0.05, 0) is 50.2 Å². The molecule has 1 aromatic heterocycles. The number of halogens is 9. The summed E-state index contributed by atoms with van der Waals surface area (Å²) in [6.07, 6.45) is -19.5. The number of amides is 2. The van der Waals surface area contributed by atoms with E-state index in [0.717, 1.165) is 15.9 Å². The molecule has 3 aliphatic rings. The normalized spacial score (nSPS) is 21.9. The highest BCUT2D eigenvalue weighted by Crippen LogP contribution is 2.52. The minimum Gasteiger partial charge on any atom is -0.465 e. The minimum absolute atomic E-state index is 0.151. The molecule has 4 rings (SSSR count). The predicted molar refractivity (Wildman–Crippen MR) is 129 cm³/mol. The summed E-state index contributed by atoms with van der Waals surface area (Å²) >= 11 is 0. The molecule has 1 aliphatic carbocycles. The Balaban J connectivity index is 1.74. The van der Waals surface area contributed by atoms with Crippen molar-refractivity contribution < 1.29 is 62.6 Å². The van der Waals surface area contributed by atoms with Crippen LogP contribution in [0.5, 0.6) is 0 Å². The summed E-state index contributed by atoms with van der Waals surface area (Å²) in [5, 5.41) is 8.42. The van der Waals surface area contributed by atoms with Crippen molar-refractivity contribution in [1.29, 1.82) is 0 Å². The number of rotatable bonds is 7. The number of hydrogen-bond donors (Lipinski definition) is 2. The van der Waals surface area contributed by atoms with Crippen molar-refractivity contribution in [2.45, 2.75) is 86.9 Å². The SMILES string of the molecule is O=C(Cc1nc(C(F)(F)F)ccc1CN1C(C(C(F)(F)F)C(F)(F)F)CCC12CCN(C(=O)O)CC2)NS(=O)(=O)C1CC1. The fraction of sp³-hybridized carbons (Fsp3) is 0.708. The molecule has 43 heavy (non-hydrogen) atoms. The maximum atomic E-state index is 13.9. The molecule has 2 saturated heterocycles. The van der Waals surface area contributed by atoms with Crippen LogP contribution in [0.15, 0.2) is 12.1 Å². The molecule has 1 spiro atoms. The van der Waals surface area contributed by atoms with Crippen molar-refractivity contribution in [3.05, 3.63) is 29.1 Å². The topological polar surface area (TPSA) is 120 Å². The van der Waals surface area contributed by atoms with Crippen LogP contribution in [0.4, 0.5) is 44.3 Å². The summed E-state index contributed by atoms with van der Waals surface area (Å²) in [5.74, 6) is -5.10. The van der Waals surface area contributed by atoms with E-state index in [0.29, 0.717) is 6.07 Å². The molecule has 2 aliphatic heterocycles. The molecular weight excluding hydrogens is 627 g/mol. The lowest BCUT2D eigenvalue weighted by Gasteiger charge is -2.47. The molecule has 0 bridgehead atoms. The largest absolute Gasteiger partial charge is 0.465 e. The van der Waals surface area contributed by atoms with E-state index >= 15 is 0 Å². The zero-order chi connectivity index (χ0) is 32.2. The Morgan fingerprint density at radius 2 is 1.56 bits per heavy atom. The van der Waals surface area contributed by atoms with Gasteiger partial charge in [0.1, 0.15) is 5.69 Å². The summed E-state index contributed by atoms with van der Waals surface area (Å²) < 4.78 is 150. The molecule has 19 heteroatoms. The van der Waals surface area contributed by atoms with Gasteiger partial charge in [0.15, 0.2) is 5.92 Å². The Bertz CT molecular complexity index is 1320. The highest BCUT2D eigenvalue weighted by atomic mass is 32.2. The van der Waals surface area contributed by atoms with Gasteiger partial charge < -0.3 is 10.0 Å². The van der Waals surface area contributed by atoms with Gasteiger partial charge in [0.25, 0.3) is 0 Å². The predicted octanol–water partition coefficient (Wildman–Crippen LogP) is 4.47. The standard InChI is InChI=1S/C24H27F9N4O5S/c25-22(26,27)17-4-1-13(15(34-17)11-18(38)35-43(41,42)14-2-3-14)12-37-16(19(23(28,29)30)24(31,32)33)5-6-21(37)7-9-36(10-8-21)20(39)40/h1,4,14,16,19H,2-3,5-12H2,(H,35,38)(H,39,40). The van der Waals surface area contributed by atoms with E-state index in [2.05, 4.69) is 4.98 Å². The Hall–Kier alpha value is -2.83. The average molecular weight is 655 g/mol. The van der Waals surface area contributed by atoms with Gasteiger partial charge >= 0.3 is 24.6 Å². The molecular formula is C24H27F9N4O5S. The molecule has 1 aromatic rings. The number of aromatic nitrogens is 1. The third kappa shape index (κ3) is 7.29. The van der Waals surface area contributed by atoms with Gasteiger partial charge in [0.2, 0.25) is 15.9 Å². The van der Waals surface area contributed by atoms with Crippen molar-refractivity contribution in [3.8, 4) is 0 Å². The second kappa shape index (κ2) is 11.3. The molecule has 2 amide bonds. The number of carbonyl (C=O) groups excluding carboxylic acids is 1. The number of nitrogens with zero attached hydrogens (tertiary/aromatic N) is 3. The van der Waals surface area contributed by atoms with Crippen LogP contribution in [0.3, 0.4) is 0 Å². The highest BCUT2D eigenvalue weighted by Gasteiger charge is 2.65. The Morgan fingerprint density at radius 3 is 2.05 bits per heavy atom. The van der Waals surface area contributed by atoms with E-state index in [9.17, 15) is 62.6 Å². The molecule has 1 saturated carbocycles. The van der Waals surface area contributed by atoms with Crippen LogP contribution in [0.1, 0.15) is 55.5 Å². The Kier molecular flexibility index (Phi) is 8.67. The zero-order valence-electron chi connectivity index (χ0n) is 22.2. The van der Waals surface area contributed by atoms with Crippen LogP contribution in [-0.4, -0.2) is 82.6 Å². The number of nitrogens with one attached hydrogen (secondary N) is 1. The first-order valence-electron chi connectivity index (χ1n) is 13.1. The number of pyridine rings is 1. The van der Waals surface area contributed by atoms with E-state index in [1.165, 1.54) is 0 Å².